The summed E-state index contributed by atoms with van der Waals surface area (Å²) < 4.78 is 6.32. The fourth-order valence-corrected chi connectivity index (χ4v) is 2.43. The molecule has 0 spiro atoms. The van der Waals surface area contributed by atoms with Crippen LogP contribution in [-0.4, -0.2) is 20.3 Å². The first-order valence-electron chi connectivity index (χ1n) is 6.39. The van der Waals surface area contributed by atoms with Crippen molar-refractivity contribution in [2.45, 2.75) is 33.7 Å². The molecule has 0 saturated heterocycles. The van der Waals surface area contributed by atoms with Crippen molar-refractivity contribution >= 4 is 15.9 Å². The number of rotatable bonds is 7. The van der Waals surface area contributed by atoms with Gasteiger partial charge in [0.1, 0.15) is 0 Å². The second-order valence-electron chi connectivity index (χ2n) is 5.61. The van der Waals surface area contributed by atoms with E-state index < -0.39 is 0 Å². The molecular formula is C15H24BrNO. The number of aryl methyl sites for hydroxylation is 1. The number of nitrogens with one attached hydrogen (secondary N) is 1. The van der Waals surface area contributed by atoms with Gasteiger partial charge in [0.2, 0.25) is 0 Å². The summed E-state index contributed by atoms with van der Waals surface area (Å²) in [6, 6.07) is 6.49. The van der Waals surface area contributed by atoms with Gasteiger partial charge in [-0.25, -0.2) is 0 Å². The van der Waals surface area contributed by atoms with Gasteiger partial charge >= 0.3 is 0 Å². The summed E-state index contributed by atoms with van der Waals surface area (Å²) >= 11 is 3.61. The monoisotopic (exact) mass is 313 g/mol. The van der Waals surface area contributed by atoms with Crippen molar-refractivity contribution in [3.8, 4) is 0 Å². The van der Waals surface area contributed by atoms with E-state index in [2.05, 4.69) is 60.2 Å². The van der Waals surface area contributed by atoms with Crippen LogP contribution in [0.2, 0.25) is 0 Å². The van der Waals surface area contributed by atoms with Crippen molar-refractivity contribution in [2.75, 3.05) is 20.3 Å². The largest absolute Gasteiger partial charge is 0.385 e. The van der Waals surface area contributed by atoms with Crippen LogP contribution in [0, 0.1) is 12.3 Å². The van der Waals surface area contributed by atoms with Crippen molar-refractivity contribution in [3.05, 3.63) is 33.8 Å². The minimum absolute atomic E-state index is 0.271. The highest BCUT2D eigenvalue weighted by molar-refractivity contribution is 9.10. The second kappa shape index (κ2) is 7.27. The molecule has 1 aromatic rings. The van der Waals surface area contributed by atoms with E-state index in [9.17, 15) is 0 Å². The lowest BCUT2D eigenvalue weighted by Gasteiger charge is -2.24. The fraction of sp³-hybridized carbons (Fsp3) is 0.600. The molecule has 0 unspecified atom stereocenters. The molecule has 1 N–H and O–H groups in total. The smallest absolute Gasteiger partial charge is 0.0467 e. The fourth-order valence-electron chi connectivity index (χ4n) is 1.80. The third kappa shape index (κ3) is 5.51. The van der Waals surface area contributed by atoms with Gasteiger partial charge < -0.3 is 10.1 Å². The van der Waals surface area contributed by atoms with Crippen molar-refractivity contribution < 1.29 is 4.74 Å². The number of hydrogen-bond donors (Lipinski definition) is 1. The lowest BCUT2D eigenvalue weighted by molar-refractivity contribution is 0.150. The van der Waals surface area contributed by atoms with Crippen LogP contribution in [0.5, 0.6) is 0 Å². The highest BCUT2D eigenvalue weighted by atomic mass is 79.9. The number of benzene rings is 1. The molecule has 0 amide bonds. The molecule has 0 aliphatic rings. The molecule has 0 saturated carbocycles. The van der Waals surface area contributed by atoms with E-state index in [4.69, 9.17) is 4.74 Å². The quantitative estimate of drug-likeness (QED) is 0.824. The molecule has 0 bridgehead atoms. The summed E-state index contributed by atoms with van der Waals surface area (Å²) in [4.78, 5) is 0. The summed E-state index contributed by atoms with van der Waals surface area (Å²) in [5.41, 5.74) is 2.86. The van der Waals surface area contributed by atoms with E-state index >= 15 is 0 Å². The van der Waals surface area contributed by atoms with Gasteiger partial charge in [-0.1, -0.05) is 41.9 Å². The molecule has 102 valence electrons. The molecule has 3 heteroatoms. The van der Waals surface area contributed by atoms with E-state index in [-0.39, 0.29) is 5.41 Å². The van der Waals surface area contributed by atoms with Crippen molar-refractivity contribution in [1.82, 2.24) is 5.32 Å². The Labute approximate surface area is 119 Å². The van der Waals surface area contributed by atoms with Crippen LogP contribution in [0.4, 0.5) is 0 Å². The summed E-state index contributed by atoms with van der Waals surface area (Å²) in [7, 11) is 1.76. The predicted molar refractivity (Wildman–Crippen MR) is 80.9 cm³/mol. The maximum Gasteiger partial charge on any atom is 0.0467 e. The average Bonchev–Trinajstić information content (AvgIpc) is 2.29. The van der Waals surface area contributed by atoms with Gasteiger partial charge in [-0.15, -0.1) is 0 Å². The number of hydrogen-bond acceptors (Lipinski definition) is 2. The summed E-state index contributed by atoms with van der Waals surface area (Å²) in [6.45, 7) is 9.36. The third-order valence-corrected chi connectivity index (χ3v) is 3.85. The first-order valence-corrected chi connectivity index (χ1v) is 7.18. The maximum absolute atomic E-state index is 5.14. The molecular weight excluding hydrogens is 290 g/mol. The van der Waals surface area contributed by atoms with Crippen LogP contribution in [0.15, 0.2) is 22.7 Å². The molecule has 0 aromatic heterocycles. The molecule has 0 heterocycles. The first-order chi connectivity index (χ1) is 8.44. The van der Waals surface area contributed by atoms with Crippen LogP contribution in [0.3, 0.4) is 0 Å². The minimum atomic E-state index is 0.271. The Kier molecular flexibility index (Phi) is 6.33. The highest BCUT2D eigenvalue weighted by Gasteiger charge is 2.16. The van der Waals surface area contributed by atoms with Crippen LogP contribution in [0.25, 0.3) is 0 Å². The molecule has 0 atom stereocenters. The second-order valence-corrected chi connectivity index (χ2v) is 6.46. The molecule has 2 nitrogen and oxygen atoms in total. The lowest BCUT2D eigenvalue weighted by atomic mass is 9.89. The zero-order valence-corrected chi connectivity index (χ0v) is 13.4. The van der Waals surface area contributed by atoms with Crippen LogP contribution >= 0.6 is 15.9 Å². The summed E-state index contributed by atoms with van der Waals surface area (Å²) in [5, 5.41) is 3.53. The minimum Gasteiger partial charge on any atom is -0.385 e. The van der Waals surface area contributed by atoms with Crippen LogP contribution in [0.1, 0.15) is 31.4 Å². The average molecular weight is 314 g/mol. The SMILES string of the molecule is COCCC(C)(C)CNCc1ccc(C)cc1Br. The predicted octanol–water partition coefficient (Wildman–Crippen LogP) is 3.91. The Hall–Kier alpha value is -0.380. The van der Waals surface area contributed by atoms with E-state index in [0.717, 1.165) is 26.1 Å². The molecule has 0 aliphatic carbocycles. The van der Waals surface area contributed by atoms with Gasteiger partial charge in [0.05, 0.1) is 0 Å². The lowest BCUT2D eigenvalue weighted by Crippen LogP contribution is -2.30. The number of halogens is 1. The standard InChI is InChI=1S/C15H24BrNO/c1-12-5-6-13(14(16)9-12)10-17-11-15(2,3)7-8-18-4/h5-6,9,17H,7-8,10-11H2,1-4H3. The highest BCUT2D eigenvalue weighted by Crippen LogP contribution is 2.21. The molecule has 0 radical (unpaired) electrons. The zero-order chi connectivity index (χ0) is 13.6. The van der Waals surface area contributed by atoms with Gasteiger partial charge in [0.15, 0.2) is 0 Å². The molecule has 0 fully saturated rings. The Morgan fingerprint density at radius 1 is 1.33 bits per heavy atom. The van der Waals surface area contributed by atoms with Crippen LogP contribution < -0.4 is 5.32 Å². The van der Waals surface area contributed by atoms with Gasteiger partial charge in [-0.3, -0.25) is 0 Å². The summed E-state index contributed by atoms with van der Waals surface area (Å²) in [5.74, 6) is 0. The normalized spacial score (nSPS) is 11.8. The molecule has 1 rings (SSSR count). The Bertz CT molecular complexity index is 377. The van der Waals surface area contributed by atoms with Crippen LogP contribution in [-0.2, 0) is 11.3 Å². The van der Waals surface area contributed by atoms with Crippen molar-refractivity contribution in [1.29, 1.82) is 0 Å². The van der Waals surface area contributed by atoms with E-state index in [1.807, 2.05) is 0 Å². The van der Waals surface area contributed by atoms with Gasteiger partial charge in [-0.05, 0) is 36.0 Å². The van der Waals surface area contributed by atoms with E-state index in [1.54, 1.807) is 7.11 Å². The van der Waals surface area contributed by atoms with Crippen molar-refractivity contribution in [2.24, 2.45) is 5.41 Å². The topological polar surface area (TPSA) is 21.3 Å². The Morgan fingerprint density at radius 3 is 2.67 bits per heavy atom. The molecule has 1 aromatic carbocycles. The molecule has 18 heavy (non-hydrogen) atoms. The van der Waals surface area contributed by atoms with E-state index in [1.165, 1.54) is 15.6 Å². The molecule has 0 aliphatic heterocycles. The van der Waals surface area contributed by atoms with Crippen molar-refractivity contribution in [3.63, 3.8) is 0 Å². The van der Waals surface area contributed by atoms with Gasteiger partial charge in [0.25, 0.3) is 0 Å². The Balaban J connectivity index is 2.41. The maximum atomic E-state index is 5.14. The number of ether oxygens (including phenoxy) is 1. The van der Waals surface area contributed by atoms with Gasteiger partial charge in [-0.2, -0.15) is 0 Å². The van der Waals surface area contributed by atoms with E-state index in [0.29, 0.717) is 0 Å². The summed E-state index contributed by atoms with van der Waals surface area (Å²) in [6.07, 6.45) is 1.07. The first kappa shape index (κ1) is 15.7. The number of methoxy groups -OCH3 is 1. The Morgan fingerprint density at radius 2 is 2.06 bits per heavy atom. The third-order valence-electron chi connectivity index (χ3n) is 3.11. The zero-order valence-electron chi connectivity index (χ0n) is 11.8. The van der Waals surface area contributed by atoms with Gasteiger partial charge in [0, 0.05) is 31.3 Å².